The van der Waals surface area contributed by atoms with Gasteiger partial charge >= 0.3 is 0 Å². The van der Waals surface area contributed by atoms with E-state index in [2.05, 4.69) is 382 Å². The van der Waals surface area contributed by atoms with E-state index in [1.165, 1.54) is 16.5 Å². The van der Waals surface area contributed by atoms with Crippen molar-refractivity contribution >= 4 is 131 Å². The molecule has 0 N–H and O–H groups in total. The molecular formula is C114H70N10O2. The minimum Gasteiger partial charge on any atom is -0.456 e. The number of hydrogen-bond donors (Lipinski definition) is 0. The fourth-order valence-electron chi connectivity index (χ4n) is 18.9. The smallest absolute Gasteiger partial charge is 0.238 e. The van der Waals surface area contributed by atoms with Crippen LogP contribution in [-0.4, -0.2) is 48.2 Å². The minimum absolute atomic E-state index is 0.530. The van der Waals surface area contributed by atoms with Gasteiger partial charge < -0.3 is 18.0 Å². The van der Waals surface area contributed by atoms with Crippen LogP contribution in [0.15, 0.2) is 433 Å². The number of hydrogen-bond acceptors (Lipinski definition) is 8. The van der Waals surface area contributed by atoms with E-state index in [4.69, 9.17) is 38.7 Å². The van der Waals surface area contributed by atoms with Gasteiger partial charge in [0.2, 0.25) is 11.9 Å². The number of fused-ring (bicyclic) bond motifs is 20. The molecule has 0 amide bonds. The Morgan fingerprint density at radius 2 is 0.405 bits per heavy atom. The maximum absolute atomic E-state index is 6.39. The Hall–Kier alpha value is -17.2. The number of benzene rings is 18. The highest BCUT2D eigenvalue weighted by Crippen LogP contribution is 2.47. The molecule has 0 aliphatic heterocycles. The largest absolute Gasteiger partial charge is 0.456 e. The van der Waals surface area contributed by atoms with Gasteiger partial charge in [0, 0.05) is 98.3 Å². The standard InChI is InChI=1S/2C57H35N5O/c1-4-16-36(17-5-1)40-32-41(37-18-6-2-7-19-37)34-42(33-40)61-49-25-13-10-22-43(49)47-30-31-48-44-23-11-14-26-50(44)62(54(48)53(47)61)57-59-55(38-20-8-3-9-21-38)58-56(60-57)39-28-29-46-45-24-12-15-27-51(45)63-52(46)35-39;1-3-13-36(14-4-1)37-23-25-38(26-24-37)39-27-29-40(30-28-39)55-58-56(41-31-32-46-45-19-9-12-22-51(45)63-52(46)35-41)60-57(59-55)62-50-21-11-8-18-44(50)48-34-33-47-43-17-7-10-20-49(43)61(53(47)54(48)62)42-15-5-2-6-16-42/h2*1-35H. The second-order valence-electron chi connectivity index (χ2n) is 32.0. The molecule has 0 unspecified atom stereocenters. The quantitative estimate of drug-likeness (QED) is 0.118. The van der Waals surface area contributed by atoms with Crippen molar-refractivity contribution in [3.05, 3.63) is 425 Å². The zero-order valence-electron chi connectivity index (χ0n) is 67.7. The van der Waals surface area contributed by atoms with Crippen LogP contribution in [0.2, 0.25) is 0 Å². The van der Waals surface area contributed by atoms with Crippen LogP contribution < -0.4 is 0 Å². The van der Waals surface area contributed by atoms with Gasteiger partial charge in [0.25, 0.3) is 0 Å². The summed E-state index contributed by atoms with van der Waals surface area (Å²) in [7, 11) is 0. The summed E-state index contributed by atoms with van der Waals surface area (Å²) < 4.78 is 22.1. The fourth-order valence-corrected chi connectivity index (χ4v) is 18.9. The molecule has 12 heteroatoms. The molecule has 0 radical (unpaired) electrons. The molecule has 0 saturated carbocycles. The van der Waals surface area contributed by atoms with Crippen LogP contribution >= 0.6 is 0 Å². The average Bonchev–Trinajstić information content (AvgIpc) is 1.54. The van der Waals surface area contributed by atoms with Gasteiger partial charge in [-0.1, -0.05) is 334 Å². The average molecular weight is 1610 g/mol. The lowest BCUT2D eigenvalue weighted by Gasteiger charge is -2.16. The lowest BCUT2D eigenvalue weighted by atomic mass is 9.98. The van der Waals surface area contributed by atoms with Crippen LogP contribution in [0.5, 0.6) is 0 Å². The molecular weight excluding hydrogens is 1540 g/mol. The molecule has 588 valence electrons. The molecule has 0 saturated heterocycles. The first-order chi connectivity index (χ1) is 62.5. The van der Waals surface area contributed by atoms with Crippen molar-refractivity contribution in [3.63, 3.8) is 0 Å². The number of aromatic nitrogens is 10. The first-order valence-electron chi connectivity index (χ1n) is 42.4. The van der Waals surface area contributed by atoms with Gasteiger partial charge in [0.1, 0.15) is 22.3 Å². The molecule has 18 aromatic carbocycles. The van der Waals surface area contributed by atoms with Gasteiger partial charge in [-0.3, -0.25) is 9.13 Å². The molecule has 8 heterocycles. The molecule has 0 bridgehead atoms. The Bertz CT molecular complexity index is 8760. The third kappa shape index (κ3) is 11.9. The van der Waals surface area contributed by atoms with Gasteiger partial charge in [0.15, 0.2) is 23.3 Å². The van der Waals surface area contributed by atoms with E-state index >= 15 is 0 Å². The van der Waals surface area contributed by atoms with Gasteiger partial charge in [0.05, 0.1) is 44.1 Å². The van der Waals surface area contributed by atoms with E-state index < -0.39 is 0 Å². The Morgan fingerprint density at radius 1 is 0.151 bits per heavy atom. The third-order valence-electron chi connectivity index (χ3n) is 24.8. The Kier molecular flexibility index (Phi) is 16.7. The predicted octanol–water partition coefficient (Wildman–Crippen LogP) is 29.3. The first-order valence-corrected chi connectivity index (χ1v) is 42.4. The highest BCUT2D eigenvalue weighted by molar-refractivity contribution is 6.26. The van der Waals surface area contributed by atoms with E-state index in [0.29, 0.717) is 35.2 Å². The van der Waals surface area contributed by atoms with E-state index in [1.807, 2.05) is 60.7 Å². The summed E-state index contributed by atoms with van der Waals surface area (Å²) >= 11 is 0. The lowest BCUT2D eigenvalue weighted by molar-refractivity contribution is 0.668. The van der Waals surface area contributed by atoms with Crippen molar-refractivity contribution in [3.8, 4) is 113 Å². The topological polar surface area (TPSA) is 123 Å². The number of nitrogens with zero attached hydrogens (tertiary/aromatic N) is 10. The van der Waals surface area contributed by atoms with Crippen LogP contribution in [0.4, 0.5) is 0 Å². The van der Waals surface area contributed by atoms with E-state index in [9.17, 15) is 0 Å². The van der Waals surface area contributed by atoms with Crippen molar-refractivity contribution in [2.24, 2.45) is 0 Å². The van der Waals surface area contributed by atoms with Crippen LogP contribution in [0, 0.1) is 0 Å². The van der Waals surface area contributed by atoms with Gasteiger partial charge in [-0.2, -0.15) is 19.9 Å². The van der Waals surface area contributed by atoms with Crippen molar-refractivity contribution in [1.29, 1.82) is 0 Å². The third-order valence-corrected chi connectivity index (χ3v) is 24.8. The van der Waals surface area contributed by atoms with Crippen LogP contribution in [0.1, 0.15) is 0 Å². The van der Waals surface area contributed by atoms with Crippen molar-refractivity contribution in [2.75, 3.05) is 0 Å². The van der Waals surface area contributed by atoms with E-state index in [1.54, 1.807) is 0 Å². The first kappa shape index (κ1) is 71.7. The van der Waals surface area contributed by atoms with Crippen molar-refractivity contribution in [2.45, 2.75) is 0 Å². The summed E-state index contributed by atoms with van der Waals surface area (Å²) in [6.07, 6.45) is 0. The summed E-state index contributed by atoms with van der Waals surface area (Å²) in [5, 5.41) is 13.4. The molecule has 26 rings (SSSR count). The zero-order chi connectivity index (χ0) is 82.9. The van der Waals surface area contributed by atoms with Gasteiger partial charge in [-0.15, -0.1) is 0 Å². The zero-order valence-corrected chi connectivity index (χ0v) is 67.7. The lowest BCUT2D eigenvalue weighted by Crippen LogP contribution is -2.07. The maximum Gasteiger partial charge on any atom is 0.238 e. The monoisotopic (exact) mass is 1610 g/mol. The van der Waals surface area contributed by atoms with Crippen LogP contribution in [0.25, 0.3) is 244 Å². The fraction of sp³-hybridized carbons (Fsp3) is 0. The molecule has 0 aliphatic rings. The highest BCUT2D eigenvalue weighted by atomic mass is 16.3. The Labute approximate surface area is 721 Å². The molecule has 126 heavy (non-hydrogen) atoms. The second-order valence-corrected chi connectivity index (χ2v) is 32.0. The summed E-state index contributed by atoms with van der Waals surface area (Å²) in [4.78, 5) is 31.9. The molecule has 0 atom stereocenters. The normalized spacial score (nSPS) is 11.8. The predicted molar refractivity (Wildman–Crippen MR) is 515 cm³/mol. The SMILES string of the molecule is c1ccc(-c2cc(-c3ccccc3)cc(-n3c4ccccc4c4ccc5c6ccccc6n(-c6nc(-c7ccccc7)nc(-c7ccc8c(c7)oc7ccccc78)n6)c5c43)c2)cc1.c1ccc(-c2ccc(-c3ccc(-c4nc(-c5ccc6c(c5)oc5ccccc56)nc(-n5c6ccccc6c6ccc7c8ccccc8n(-c8ccccc8)c7c65)n4)cc3)cc2)cc1. The molecule has 26 aromatic rings. The van der Waals surface area contributed by atoms with Crippen molar-refractivity contribution in [1.82, 2.24) is 48.2 Å². The van der Waals surface area contributed by atoms with Crippen molar-refractivity contribution < 1.29 is 8.83 Å². The summed E-state index contributed by atoms with van der Waals surface area (Å²) in [5.41, 5.74) is 26.6. The van der Waals surface area contributed by atoms with E-state index in [-0.39, 0.29) is 0 Å². The Morgan fingerprint density at radius 3 is 0.794 bits per heavy atom. The molecule has 0 fully saturated rings. The van der Waals surface area contributed by atoms with E-state index in [0.717, 1.165) is 193 Å². The summed E-state index contributed by atoms with van der Waals surface area (Å²) in [6, 6.07) is 149. The molecule has 12 nitrogen and oxygen atoms in total. The van der Waals surface area contributed by atoms with Gasteiger partial charge in [-0.05, 0) is 136 Å². The number of para-hydroxylation sites is 7. The molecule has 8 aromatic heterocycles. The number of furan rings is 2. The minimum atomic E-state index is 0.530. The molecule has 0 spiro atoms. The second kappa shape index (κ2) is 29.3. The summed E-state index contributed by atoms with van der Waals surface area (Å²) in [6.45, 7) is 0. The Balaban J connectivity index is 0.000000137. The highest BCUT2D eigenvalue weighted by Gasteiger charge is 2.28. The van der Waals surface area contributed by atoms with Crippen LogP contribution in [0.3, 0.4) is 0 Å². The van der Waals surface area contributed by atoms with Gasteiger partial charge in [-0.25, -0.2) is 9.97 Å². The summed E-state index contributed by atoms with van der Waals surface area (Å²) in [5.74, 6) is 3.34. The maximum atomic E-state index is 6.39. The van der Waals surface area contributed by atoms with Crippen LogP contribution in [-0.2, 0) is 0 Å². The molecule has 0 aliphatic carbocycles. The number of rotatable bonds is 12.